The smallest absolute Gasteiger partial charge is 0.258 e. The van der Waals surface area contributed by atoms with Crippen LogP contribution in [0.2, 0.25) is 0 Å². The van der Waals surface area contributed by atoms with Crippen molar-refractivity contribution in [2.24, 2.45) is 0 Å². The Hall–Kier alpha value is -2.55. The van der Waals surface area contributed by atoms with E-state index in [0.717, 1.165) is 0 Å². The van der Waals surface area contributed by atoms with E-state index in [1.165, 1.54) is 30.6 Å². The molecular weight excluding hydrogens is 347 g/mol. The Morgan fingerprint density at radius 3 is 2.56 bits per heavy atom. The van der Waals surface area contributed by atoms with Gasteiger partial charge in [-0.3, -0.25) is 4.79 Å². The van der Waals surface area contributed by atoms with Crippen LogP contribution < -0.4 is 10.2 Å². The van der Waals surface area contributed by atoms with Crippen LogP contribution in [0.25, 0.3) is 0 Å². The molecule has 2 heterocycles. The molecule has 132 valence electrons. The van der Waals surface area contributed by atoms with E-state index in [2.05, 4.69) is 15.3 Å². The molecule has 1 saturated heterocycles. The molecule has 1 aliphatic heterocycles. The van der Waals surface area contributed by atoms with Crippen molar-refractivity contribution < 1.29 is 17.6 Å². The Kier molecular flexibility index (Phi) is 4.67. The minimum atomic E-state index is -3.01. The van der Waals surface area contributed by atoms with Gasteiger partial charge in [0.1, 0.15) is 5.82 Å². The summed E-state index contributed by atoms with van der Waals surface area (Å²) in [5.41, 5.74) is 0.254. The number of para-hydroxylation sites is 1. The topological polar surface area (TPSA) is 92.3 Å². The summed E-state index contributed by atoms with van der Waals surface area (Å²) in [6.45, 7) is 0. The quantitative estimate of drug-likeness (QED) is 0.884. The second-order valence-electron chi connectivity index (χ2n) is 5.87. The van der Waals surface area contributed by atoms with E-state index >= 15 is 0 Å². The molecule has 1 aromatic carbocycles. The summed E-state index contributed by atoms with van der Waals surface area (Å²) >= 11 is 0. The summed E-state index contributed by atoms with van der Waals surface area (Å²) in [5.74, 6) is -0.490. The highest BCUT2D eigenvalue weighted by molar-refractivity contribution is 7.91. The number of amides is 1. The largest absolute Gasteiger partial charge is 0.340 e. The molecule has 2 aromatic rings. The second-order valence-corrected chi connectivity index (χ2v) is 8.10. The molecule has 0 aliphatic carbocycles. The van der Waals surface area contributed by atoms with Crippen molar-refractivity contribution in [3.63, 3.8) is 0 Å². The van der Waals surface area contributed by atoms with Gasteiger partial charge in [0.15, 0.2) is 9.84 Å². The van der Waals surface area contributed by atoms with Crippen LogP contribution in [0.1, 0.15) is 16.8 Å². The minimum Gasteiger partial charge on any atom is -0.340 e. The second kappa shape index (κ2) is 6.75. The maximum atomic E-state index is 13.6. The van der Waals surface area contributed by atoms with Gasteiger partial charge in [-0.2, -0.15) is 0 Å². The predicted molar refractivity (Wildman–Crippen MR) is 91.8 cm³/mol. The molecule has 7 nitrogen and oxygen atoms in total. The van der Waals surface area contributed by atoms with E-state index in [4.69, 9.17) is 0 Å². The summed E-state index contributed by atoms with van der Waals surface area (Å²) in [7, 11) is -1.28. The first-order valence-electron chi connectivity index (χ1n) is 7.67. The van der Waals surface area contributed by atoms with Gasteiger partial charge < -0.3 is 10.2 Å². The van der Waals surface area contributed by atoms with Crippen molar-refractivity contribution in [2.75, 3.05) is 28.8 Å². The Morgan fingerprint density at radius 2 is 1.96 bits per heavy atom. The number of nitrogens with one attached hydrogen (secondary N) is 1. The van der Waals surface area contributed by atoms with Gasteiger partial charge in [0, 0.05) is 25.5 Å². The molecule has 9 heteroatoms. The van der Waals surface area contributed by atoms with Crippen LogP contribution in [0.4, 0.5) is 16.0 Å². The normalized spacial score (nSPS) is 18.7. The van der Waals surface area contributed by atoms with Gasteiger partial charge in [-0.05, 0) is 18.6 Å². The molecule has 1 aromatic heterocycles. The highest BCUT2D eigenvalue weighted by Gasteiger charge is 2.31. The fourth-order valence-electron chi connectivity index (χ4n) is 2.62. The zero-order chi connectivity index (χ0) is 18.0. The molecule has 3 rings (SSSR count). The van der Waals surface area contributed by atoms with E-state index < -0.39 is 21.6 Å². The molecule has 1 fully saturated rings. The third-order valence-corrected chi connectivity index (χ3v) is 5.84. The number of carbonyl (C=O) groups is 1. The van der Waals surface area contributed by atoms with Gasteiger partial charge in [0.2, 0.25) is 5.95 Å². The Balaban J connectivity index is 1.69. The fraction of sp³-hybridized carbons (Fsp3) is 0.312. The molecular formula is C16H17FN4O3S. The van der Waals surface area contributed by atoms with Gasteiger partial charge in [-0.15, -0.1) is 0 Å². The molecule has 0 radical (unpaired) electrons. The van der Waals surface area contributed by atoms with Crippen LogP contribution >= 0.6 is 0 Å². The van der Waals surface area contributed by atoms with E-state index in [1.807, 2.05) is 0 Å². The third kappa shape index (κ3) is 3.93. The lowest BCUT2D eigenvalue weighted by molar-refractivity contribution is 0.102. The van der Waals surface area contributed by atoms with Gasteiger partial charge >= 0.3 is 0 Å². The van der Waals surface area contributed by atoms with E-state index in [9.17, 15) is 17.6 Å². The average molecular weight is 364 g/mol. The third-order valence-electron chi connectivity index (χ3n) is 4.09. The predicted octanol–water partition coefficient (Wildman–Crippen LogP) is 1.49. The number of halogens is 1. The van der Waals surface area contributed by atoms with Gasteiger partial charge in [0.25, 0.3) is 5.91 Å². The van der Waals surface area contributed by atoms with Gasteiger partial charge in [-0.1, -0.05) is 12.1 Å². The highest BCUT2D eigenvalue weighted by atomic mass is 32.2. The summed E-state index contributed by atoms with van der Waals surface area (Å²) in [5, 5.41) is 2.45. The molecule has 0 saturated carbocycles. The SMILES string of the molecule is CN(c1ncc(C(=O)Nc2ccccc2F)cn1)C1CCS(=O)(=O)C1. The highest BCUT2D eigenvalue weighted by Crippen LogP contribution is 2.20. The van der Waals surface area contributed by atoms with Crippen LogP contribution in [-0.4, -0.2) is 48.9 Å². The summed E-state index contributed by atoms with van der Waals surface area (Å²) in [6.07, 6.45) is 3.19. The molecule has 1 amide bonds. The van der Waals surface area contributed by atoms with Crippen LogP contribution in [0.3, 0.4) is 0 Å². The van der Waals surface area contributed by atoms with Crippen molar-refractivity contribution in [1.82, 2.24) is 9.97 Å². The standard InChI is InChI=1S/C16H17FN4O3S/c1-21(12-6-7-25(23,24)10-12)16-18-8-11(9-19-16)15(22)20-14-5-3-2-4-13(14)17/h2-5,8-9,12H,6-7,10H2,1H3,(H,20,22). The Labute approximate surface area is 144 Å². The lowest BCUT2D eigenvalue weighted by Crippen LogP contribution is -2.34. The van der Waals surface area contributed by atoms with Gasteiger partial charge in [-0.25, -0.2) is 22.8 Å². The molecule has 0 bridgehead atoms. The number of benzene rings is 1. The Bertz CT molecular complexity index is 887. The maximum absolute atomic E-state index is 13.6. The molecule has 25 heavy (non-hydrogen) atoms. The first-order valence-corrected chi connectivity index (χ1v) is 9.49. The van der Waals surface area contributed by atoms with Crippen LogP contribution in [-0.2, 0) is 9.84 Å². The van der Waals surface area contributed by atoms with Crippen molar-refractivity contribution in [3.8, 4) is 0 Å². The zero-order valence-electron chi connectivity index (χ0n) is 13.5. The number of hydrogen-bond acceptors (Lipinski definition) is 6. The lowest BCUT2D eigenvalue weighted by Gasteiger charge is -2.23. The first-order chi connectivity index (χ1) is 11.9. The number of anilines is 2. The van der Waals surface area contributed by atoms with Crippen LogP contribution in [0, 0.1) is 5.82 Å². The number of carbonyl (C=O) groups excluding carboxylic acids is 1. The monoisotopic (exact) mass is 364 g/mol. The number of aromatic nitrogens is 2. The number of rotatable bonds is 4. The number of nitrogens with zero attached hydrogens (tertiary/aromatic N) is 3. The van der Waals surface area contributed by atoms with E-state index in [0.29, 0.717) is 12.4 Å². The Morgan fingerprint density at radius 1 is 1.28 bits per heavy atom. The van der Waals surface area contributed by atoms with Crippen LogP contribution in [0.5, 0.6) is 0 Å². The minimum absolute atomic E-state index is 0.0718. The first kappa shape index (κ1) is 17.3. The maximum Gasteiger partial charge on any atom is 0.258 e. The molecule has 0 spiro atoms. The molecule has 1 unspecified atom stereocenters. The average Bonchev–Trinajstić information content (AvgIpc) is 2.96. The number of hydrogen-bond donors (Lipinski definition) is 1. The zero-order valence-corrected chi connectivity index (χ0v) is 14.3. The van der Waals surface area contributed by atoms with Crippen LogP contribution in [0.15, 0.2) is 36.7 Å². The van der Waals surface area contributed by atoms with E-state index in [-0.39, 0.29) is 28.8 Å². The number of sulfone groups is 1. The molecule has 1 N–H and O–H groups in total. The lowest BCUT2D eigenvalue weighted by atomic mass is 10.2. The fourth-order valence-corrected chi connectivity index (χ4v) is 4.40. The van der Waals surface area contributed by atoms with Crippen molar-refractivity contribution in [3.05, 3.63) is 48.0 Å². The van der Waals surface area contributed by atoms with E-state index in [1.54, 1.807) is 18.0 Å². The summed E-state index contributed by atoms with van der Waals surface area (Å²) in [4.78, 5) is 22.1. The van der Waals surface area contributed by atoms with Gasteiger partial charge in [0.05, 0.1) is 22.8 Å². The van der Waals surface area contributed by atoms with Crippen molar-refractivity contribution in [1.29, 1.82) is 0 Å². The molecule has 1 aliphatic rings. The van der Waals surface area contributed by atoms with Crippen molar-refractivity contribution in [2.45, 2.75) is 12.5 Å². The summed E-state index contributed by atoms with van der Waals surface area (Å²) in [6, 6.07) is 5.67. The van der Waals surface area contributed by atoms with Crippen molar-refractivity contribution >= 4 is 27.4 Å². The molecule has 1 atom stereocenters. The summed E-state index contributed by atoms with van der Waals surface area (Å²) < 4.78 is 36.7.